The predicted molar refractivity (Wildman–Crippen MR) is 120 cm³/mol. The third kappa shape index (κ3) is 2.77. The topological polar surface area (TPSA) is 66.5 Å². The normalized spacial score (nSPS) is 32.1. The lowest BCUT2D eigenvalue weighted by Gasteiger charge is -2.37. The Morgan fingerprint density at radius 1 is 0.968 bits per heavy atom. The summed E-state index contributed by atoms with van der Waals surface area (Å²) in [6.45, 7) is 1.93. The first kappa shape index (κ1) is 19.0. The van der Waals surface area contributed by atoms with E-state index in [4.69, 9.17) is 0 Å². The highest BCUT2D eigenvalue weighted by atomic mass is 79.9. The van der Waals surface area contributed by atoms with Crippen LogP contribution in [0, 0.1) is 42.4 Å². The number of nitrogens with zero attached hydrogens (tertiary/aromatic N) is 1. The largest absolute Gasteiger partial charge is 0.322 e. The van der Waals surface area contributed by atoms with E-state index in [1.165, 1.54) is 4.90 Å². The fourth-order valence-electron chi connectivity index (χ4n) is 5.94. The second-order valence-corrected chi connectivity index (χ2v) is 10.0. The van der Waals surface area contributed by atoms with Crippen molar-refractivity contribution in [3.05, 3.63) is 70.2 Å². The van der Waals surface area contributed by atoms with Crippen molar-refractivity contribution in [3.63, 3.8) is 0 Å². The maximum atomic E-state index is 13.2. The molecule has 0 spiro atoms. The first-order valence-electron chi connectivity index (χ1n) is 10.7. The Morgan fingerprint density at radius 3 is 2.16 bits per heavy atom. The Labute approximate surface area is 188 Å². The molecule has 1 heterocycles. The highest BCUT2D eigenvalue weighted by molar-refractivity contribution is 9.10. The molecule has 6 atom stereocenters. The molecule has 5 aliphatic rings. The maximum absolute atomic E-state index is 13.2. The summed E-state index contributed by atoms with van der Waals surface area (Å²) in [6.07, 6.45) is 5.50. The van der Waals surface area contributed by atoms with Crippen LogP contribution in [-0.2, 0) is 9.59 Å². The second-order valence-electron chi connectivity index (χ2n) is 9.13. The molecule has 0 unspecified atom stereocenters. The molecular weight excluding hydrogens is 456 g/mol. The van der Waals surface area contributed by atoms with Crippen molar-refractivity contribution >= 4 is 45.0 Å². The van der Waals surface area contributed by atoms with Crippen molar-refractivity contribution in [2.24, 2.45) is 35.5 Å². The summed E-state index contributed by atoms with van der Waals surface area (Å²) in [5.74, 6) is 0.768. The summed E-state index contributed by atoms with van der Waals surface area (Å²) in [5.41, 5.74) is 2.73. The molecule has 2 saturated carbocycles. The zero-order valence-electron chi connectivity index (χ0n) is 16.9. The molecule has 2 aromatic carbocycles. The monoisotopic (exact) mass is 476 g/mol. The minimum absolute atomic E-state index is 0.0811. The van der Waals surface area contributed by atoms with Gasteiger partial charge in [0, 0.05) is 15.7 Å². The summed E-state index contributed by atoms with van der Waals surface area (Å²) < 4.78 is 0.953. The molecule has 5 nitrogen and oxygen atoms in total. The van der Waals surface area contributed by atoms with Crippen LogP contribution in [0.3, 0.4) is 0 Å². The smallest absolute Gasteiger partial charge is 0.255 e. The molecule has 0 radical (unpaired) electrons. The van der Waals surface area contributed by atoms with Gasteiger partial charge in [-0.2, -0.15) is 0 Å². The van der Waals surface area contributed by atoms with E-state index in [0.29, 0.717) is 23.1 Å². The average molecular weight is 477 g/mol. The standard InChI is InChI=1S/C25H21BrN2O3/c1-12-10-14(26)4-9-20(12)27-23(29)13-2-5-15(6-3-13)28-24(30)21-16-7-8-17(19-11-18(16)19)22(21)25(28)31/h2-10,16-19,21-22H,11H2,1H3,(H,27,29)/t16-,17-,18-,19+,21-,22+/m0/s1. The zero-order valence-corrected chi connectivity index (χ0v) is 18.5. The first-order chi connectivity index (χ1) is 14.9. The third-order valence-corrected chi connectivity index (χ3v) is 7.98. The van der Waals surface area contributed by atoms with E-state index >= 15 is 0 Å². The molecule has 3 amide bonds. The molecule has 156 valence electrons. The van der Waals surface area contributed by atoms with Gasteiger partial charge in [-0.1, -0.05) is 28.1 Å². The van der Waals surface area contributed by atoms with Crippen LogP contribution in [-0.4, -0.2) is 17.7 Å². The number of imide groups is 1. The van der Waals surface area contributed by atoms with Crippen molar-refractivity contribution in [2.75, 3.05) is 10.2 Å². The molecule has 1 saturated heterocycles. The molecular formula is C25H21BrN2O3. The van der Waals surface area contributed by atoms with Crippen molar-refractivity contribution in [1.82, 2.24) is 0 Å². The van der Waals surface area contributed by atoms with Gasteiger partial charge in [-0.15, -0.1) is 0 Å². The highest BCUT2D eigenvalue weighted by Crippen LogP contribution is 2.65. The van der Waals surface area contributed by atoms with Gasteiger partial charge in [0.2, 0.25) is 11.8 Å². The molecule has 2 bridgehead atoms. The number of benzene rings is 2. The SMILES string of the molecule is Cc1cc(Br)ccc1NC(=O)c1ccc(N2C(=O)[C@@H]3[C@H]4C=C[C@@H]([C@@H]5C[C@H]45)[C@@H]3C2=O)cc1. The molecule has 1 N–H and O–H groups in total. The summed E-state index contributed by atoms with van der Waals surface area (Å²) >= 11 is 3.42. The quantitative estimate of drug-likeness (QED) is 0.521. The van der Waals surface area contributed by atoms with Gasteiger partial charge in [-0.3, -0.25) is 19.3 Å². The van der Waals surface area contributed by atoms with Crippen LogP contribution in [0.5, 0.6) is 0 Å². The lowest BCUT2D eigenvalue weighted by Crippen LogP contribution is -2.40. The van der Waals surface area contributed by atoms with Crippen molar-refractivity contribution in [1.29, 1.82) is 0 Å². The molecule has 3 fully saturated rings. The number of amides is 3. The summed E-state index contributed by atoms with van der Waals surface area (Å²) in [6, 6.07) is 12.4. The van der Waals surface area contributed by atoms with Gasteiger partial charge in [-0.05, 0) is 85.0 Å². The average Bonchev–Trinajstić information content (AvgIpc) is 3.54. The van der Waals surface area contributed by atoms with E-state index in [-0.39, 0.29) is 41.4 Å². The summed E-state index contributed by atoms with van der Waals surface area (Å²) in [5, 5.41) is 2.91. The van der Waals surface area contributed by atoms with Gasteiger partial charge < -0.3 is 5.32 Å². The van der Waals surface area contributed by atoms with Crippen LogP contribution < -0.4 is 10.2 Å². The lowest BCUT2D eigenvalue weighted by atomic mass is 9.63. The molecule has 0 aromatic heterocycles. The number of rotatable bonds is 3. The number of halogens is 1. The Morgan fingerprint density at radius 2 is 1.58 bits per heavy atom. The summed E-state index contributed by atoms with van der Waals surface area (Å²) in [7, 11) is 0. The van der Waals surface area contributed by atoms with Crippen LogP contribution in [0.4, 0.5) is 11.4 Å². The third-order valence-electron chi connectivity index (χ3n) is 7.49. The number of anilines is 2. The van der Waals surface area contributed by atoms with Crippen LogP contribution in [0.2, 0.25) is 0 Å². The summed E-state index contributed by atoms with van der Waals surface area (Å²) in [4.78, 5) is 40.5. The number of hydrogen-bond donors (Lipinski definition) is 1. The molecule has 4 aliphatic carbocycles. The predicted octanol–water partition coefficient (Wildman–Crippen LogP) is 4.57. The zero-order chi connectivity index (χ0) is 21.4. The molecule has 1 aliphatic heterocycles. The van der Waals surface area contributed by atoms with Gasteiger partial charge in [0.15, 0.2) is 0 Å². The Balaban J connectivity index is 1.23. The van der Waals surface area contributed by atoms with Crippen molar-refractivity contribution in [3.8, 4) is 0 Å². The van der Waals surface area contributed by atoms with Gasteiger partial charge in [0.05, 0.1) is 17.5 Å². The van der Waals surface area contributed by atoms with Crippen LogP contribution in [0.1, 0.15) is 22.3 Å². The van der Waals surface area contributed by atoms with Crippen LogP contribution in [0.15, 0.2) is 59.1 Å². The number of hydrogen-bond acceptors (Lipinski definition) is 3. The highest BCUT2D eigenvalue weighted by Gasteiger charge is 2.67. The minimum Gasteiger partial charge on any atom is -0.322 e. The van der Waals surface area contributed by atoms with Crippen molar-refractivity contribution in [2.45, 2.75) is 13.3 Å². The molecule has 31 heavy (non-hydrogen) atoms. The van der Waals surface area contributed by atoms with Gasteiger partial charge in [-0.25, -0.2) is 0 Å². The number of nitrogens with one attached hydrogen (secondary N) is 1. The van der Waals surface area contributed by atoms with Crippen LogP contribution in [0.25, 0.3) is 0 Å². The fourth-order valence-corrected chi connectivity index (χ4v) is 6.41. The van der Waals surface area contributed by atoms with E-state index in [1.54, 1.807) is 24.3 Å². The van der Waals surface area contributed by atoms with E-state index in [2.05, 4.69) is 33.4 Å². The Hall–Kier alpha value is -2.73. The number of carbonyl (C=O) groups excluding carboxylic acids is 3. The van der Waals surface area contributed by atoms with Gasteiger partial charge in [0.1, 0.15) is 0 Å². The second kappa shape index (κ2) is 6.63. The Kier molecular flexibility index (Phi) is 4.06. The number of allylic oxidation sites excluding steroid dienone is 2. The minimum atomic E-state index is -0.230. The van der Waals surface area contributed by atoms with Crippen LogP contribution >= 0.6 is 15.9 Å². The first-order valence-corrected chi connectivity index (χ1v) is 11.5. The molecule has 2 aromatic rings. The number of carbonyl (C=O) groups is 3. The molecule has 7 rings (SSSR count). The fraction of sp³-hybridized carbons (Fsp3) is 0.320. The van der Waals surface area contributed by atoms with Gasteiger partial charge >= 0.3 is 0 Å². The van der Waals surface area contributed by atoms with Gasteiger partial charge in [0.25, 0.3) is 5.91 Å². The van der Waals surface area contributed by atoms with E-state index in [1.807, 2.05) is 25.1 Å². The van der Waals surface area contributed by atoms with Crippen molar-refractivity contribution < 1.29 is 14.4 Å². The van der Waals surface area contributed by atoms with E-state index in [9.17, 15) is 14.4 Å². The molecule has 6 heteroatoms. The number of aryl methyl sites for hydroxylation is 1. The lowest BCUT2D eigenvalue weighted by molar-refractivity contribution is -0.124. The maximum Gasteiger partial charge on any atom is 0.255 e. The van der Waals surface area contributed by atoms with E-state index < -0.39 is 0 Å². The van der Waals surface area contributed by atoms with E-state index in [0.717, 1.165) is 22.1 Å². The Bertz CT molecular complexity index is 1140.